The highest BCUT2D eigenvalue weighted by Gasteiger charge is 2.46. The van der Waals surface area contributed by atoms with Crippen molar-refractivity contribution in [1.82, 2.24) is 4.90 Å². The fraction of sp³-hybridized carbons (Fsp3) is 0.167. The van der Waals surface area contributed by atoms with E-state index in [1.165, 1.54) is 36.3 Å². The van der Waals surface area contributed by atoms with E-state index in [9.17, 15) is 24.8 Å². The van der Waals surface area contributed by atoms with Crippen LogP contribution in [-0.4, -0.2) is 46.9 Å². The van der Waals surface area contributed by atoms with Crippen molar-refractivity contribution < 1.29 is 24.4 Å². The number of nitro benzene ring substituents is 1. The van der Waals surface area contributed by atoms with E-state index in [1.807, 2.05) is 42.5 Å². The minimum atomic E-state index is -0.827. The molecule has 0 spiro atoms. The van der Waals surface area contributed by atoms with Crippen LogP contribution >= 0.6 is 0 Å². The molecule has 3 aromatic rings. The topological polar surface area (TPSA) is 110 Å². The van der Waals surface area contributed by atoms with Gasteiger partial charge >= 0.3 is 0 Å². The molecular formula is C24H20N2O6. The van der Waals surface area contributed by atoms with Gasteiger partial charge in [-0.2, -0.15) is 0 Å². The van der Waals surface area contributed by atoms with Gasteiger partial charge in [0.05, 0.1) is 23.1 Å². The van der Waals surface area contributed by atoms with Crippen molar-refractivity contribution >= 4 is 33.9 Å². The Bertz CT molecular complexity index is 1240. The summed E-state index contributed by atoms with van der Waals surface area (Å²) in [6.07, 6.45) is 0. The molecule has 0 bridgehead atoms. The predicted octanol–water partition coefficient (Wildman–Crippen LogP) is 3.82. The Balaban J connectivity index is 1.92. The van der Waals surface area contributed by atoms with Crippen molar-refractivity contribution in [3.05, 3.63) is 93.5 Å². The number of fused-ring (bicyclic) bond motifs is 1. The maximum absolute atomic E-state index is 13.0. The average molecular weight is 432 g/mol. The number of rotatable bonds is 6. The summed E-state index contributed by atoms with van der Waals surface area (Å²) in [7, 11) is 1.50. The number of hydrogen-bond acceptors (Lipinski definition) is 6. The van der Waals surface area contributed by atoms with Gasteiger partial charge in [-0.3, -0.25) is 19.7 Å². The number of hydrogen-bond donors (Lipinski definition) is 1. The monoisotopic (exact) mass is 432 g/mol. The second-order valence-corrected chi connectivity index (χ2v) is 7.36. The number of ketones is 1. The third-order valence-corrected chi connectivity index (χ3v) is 5.55. The molecule has 1 aliphatic heterocycles. The highest BCUT2D eigenvalue weighted by molar-refractivity contribution is 6.46. The van der Waals surface area contributed by atoms with E-state index in [0.717, 1.165) is 10.8 Å². The van der Waals surface area contributed by atoms with Crippen LogP contribution in [0.15, 0.2) is 72.3 Å². The lowest BCUT2D eigenvalue weighted by Gasteiger charge is -2.26. The first-order valence-electron chi connectivity index (χ1n) is 9.94. The molecule has 32 heavy (non-hydrogen) atoms. The summed E-state index contributed by atoms with van der Waals surface area (Å²) in [5, 5.41) is 23.8. The Labute approximate surface area is 183 Å². The normalized spacial score (nSPS) is 17.8. The molecule has 1 fully saturated rings. The van der Waals surface area contributed by atoms with Gasteiger partial charge in [-0.15, -0.1) is 0 Å². The molecule has 1 heterocycles. The highest BCUT2D eigenvalue weighted by atomic mass is 16.6. The third kappa shape index (κ3) is 3.61. The molecule has 1 unspecified atom stereocenters. The lowest BCUT2D eigenvalue weighted by Crippen LogP contribution is -2.32. The van der Waals surface area contributed by atoms with E-state index in [-0.39, 0.29) is 35.7 Å². The number of nitrogens with zero attached hydrogens (tertiary/aromatic N) is 2. The zero-order valence-electron chi connectivity index (χ0n) is 17.2. The summed E-state index contributed by atoms with van der Waals surface area (Å²) in [5.74, 6) is -1.92. The minimum Gasteiger partial charge on any atom is -0.507 e. The molecule has 8 heteroatoms. The summed E-state index contributed by atoms with van der Waals surface area (Å²) in [6.45, 7) is 0.373. The Hall–Kier alpha value is -4.04. The van der Waals surface area contributed by atoms with Crippen molar-refractivity contribution in [3.63, 3.8) is 0 Å². The van der Waals surface area contributed by atoms with Crippen LogP contribution in [0.25, 0.3) is 16.5 Å². The van der Waals surface area contributed by atoms with Crippen LogP contribution in [0.1, 0.15) is 17.2 Å². The number of aliphatic hydroxyl groups is 1. The van der Waals surface area contributed by atoms with Gasteiger partial charge in [0, 0.05) is 31.4 Å². The van der Waals surface area contributed by atoms with Gasteiger partial charge in [-0.25, -0.2) is 0 Å². The smallest absolute Gasteiger partial charge is 0.295 e. The van der Waals surface area contributed by atoms with E-state index in [4.69, 9.17) is 4.74 Å². The van der Waals surface area contributed by atoms with Crippen molar-refractivity contribution in [3.8, 4) is 0 Å². The number of nitro groups is 1. The lowest BCUT2D eigenvalue weighted by atomic mass is 9.91. The van der Waals surface area contributed by atoms with Crippen molar-refractivity contribution in [2.24, 2.45) is 0 Å². The zero-order chi connectivity index (χ0) is 22.8. The average Bonchev–Trinajstić information content (AvgIpc) is 3.06. The second kappa shape index (κ2) is 8.60. The molecule has 1 saturated heterocycles. The van der Waals surface area contributed by atoms with Gasteiger partial charge in [-0.05, 0) is 28.5 Å². The van der Waals surface area contributed by atoms with Gasteiger partial charge in [-0.1, -0.05) is 42.5 Å². The van der Waals surface area contributed by atoms with Crippen molar-refractivity contribution in [2.45, 2.75) is 6.04 Å². The lowest BCUT2D eigenvalue weighted by molar-refractivity contribution is -0.384. The first-order chi connectivity index (χ1) is 15.4. The quantitative estimate of drug-likeness (QED) is 0.208. The molecule has 3 aromatic carbocycles. The molecule has 8 nitrogen and oxygen atoms in total. The molecule has 0 aliphatic carbocycles. The number of amides is 1. The zero-order valence-corrected chi connectivity index (χ0v) is 17.2. The SMILES string of the molecule is COCCN1C(=O)C(=O)/C(=C(\O)c2ccc([N+](=O)[O-])cc2)C1c1cccc2ccccc12. The molecule has 162 valence electrons. The highest BCUT2D eigenvalue weighted by Crippen LogP contribution is 2.41. The Morgan fingerprint density at radius 1 is 1.06 bits per heavy atom. The molecule has 0 aromatic heterocycles. The predicted molar refractivity (Wildman–Crippen MR) is 118 cm³/mol. The maximum atomic E-state index is 13.0. The Morgan fingerprint density at radius 3 is 2.44 bits per heavy atom. The molecule has 0 radical (unpaired) electrons. The largest absolute Gasteiger partial charge is 0.507 e. The summed E-state index contributed by atoms with van der Waals surface area (Å²) in [6, 6.07) is 17.5. The van der Waals surface area contributed by atoms with Crippen molar-refractivity contribution in [2.75, 3.05) is 20.3 Å². The number of likely N-dealkylation sites (tertiary alicyclic amines) is 1. The molecule has 4 rings (SSSR count). The number of non-ortho nitro benzene ring substituents is 1. The molecule has 1 atom stereocenters. The van der Waals surface area contributed by atoms with Crippen LogP contribution < -0.4 is 0 Å². The molecule has 1 amide bonds. The van der Waals surface area contributed by atoms with E-state index in [2.05, 4.69) is 0 Å². The van der Waals surface area contributed by atoms with Gasteiger partial charge in [0.2, 0.25) is 0 Å². The Kier molecular flexibility index (Phi) is 5.70. The first kappa shape index (κ1) is 21.2. The number of aliphatic hydroxyl groups excluding tert-OH is 1. The molecular weight excluding hydrogens is 412 g/mol. The first-order valence-corrected chi connectivity index (χ1v) is 9.94. The van der Waals surface area contributed by atoms with Crippen LogP contribution in [0.2, 0.25) is 0 Å². The molecule has 1 aliphatic rings. The van der Waals surface area contributed by atoms with Gasteiger partial charge in [0.15, 0.2) is 0 Å². The Morgan fingerprint density at radius 2 is 1.75 bits per heavy atom. The van der Waals surface area contributed by atoms with Gasteiger partial charge in [0.25, 0.3) is 17.4 Å². The van der Waals surface area contributed by atoms with Crippen LogP contribution in [0.4, 0.5) is 5.69 Å². The van der Waals surface area contributed by atoms with Gasteiger partial charge in [0.1, 0.15) is 5.76 Å². The maximum Gasteiger partial charge on any atom is 0.295 e. The number of methoxy groups -OCH3 is 1. The van der Waals surface area contributed by atoms with Crippen LogP contribution in [-0.2, 0) is 14.3 Å². The number of Topliss-reactive ketones (excluding diaryl/α,β-unsaturated/α-hetero) is 1. The fourth-order valence-corrected chi connectivity index (χ4v) is 4.01. The third-order valence-electron chi connectivity index (χ3n) is 5.55. The number of carbonyl (C=O) groups excluding carboxylic acids is 2. The number of carbonyl (C=O) groups is 2. The summed E-state index contributed by atoms with van der Waals surface area (Å²) >= 11 is 0. The number of ether oxygens (including phenoxy) is 1. The second-order valence-electron chi connectivity index (χ2n) is 7.36. The van der Waals surface area contributed by atoms with Gasteiger partial charge < -0.3 is 14.7 Å². The molecule has 1 N–H and O–H groups in total. The van der Waals surface area contributed by atoms with E-state index >= 15 is 0 Å². The summed E-state index contributed by atoms with van der Waals surface area (Å²) < 4.78 is 5.13. The summed E-state index contributed by atoms with van der Waals surface area (Å²) in [4.78, 5) is 37.7. The van der Waals surface area contributed by atoms with E-state index in [0.29, 0.717) is 5.56 Å². The fourth-order valence-electron chi connectivity index (χ4n) is 4.01. The van der Waals surface area contributed by atoms with Crippen molar-refractivity contribution in [1.29, 1.82) is 0 Å². The summed E-state index contributed by atoms with van der Waals surface area (Å²) in [5.41, 5.74) is 0.705. The van der Waals surface area contributed by atoms with Crippen LogP contribution in [0, 0.1) is 10.1 Å². The van der Waals surface area contributed by atoms with E-state index < -0.39 is 22.7 Å². The molecule has 0 saturated carbocycles. The van der Waals surface area contributed by atoms with E-state index in [1.54, 1.807) is 0 Å². The standard InChI is InChI=1S/C24H20N2O6/c1-32-14-13-25-21(19-8-4-6-15-5-2-3-7-18(15)19)20(23(28)24(25)29)22(27)16-9-11-17(12-10-16)26(30)31/h2-12,21,27H,13-14H2,1H3/b22-20-. The van der Waals surface area contributed by atoms with Crippen LogP contribution in [0.5, 0.6) is 0 Å². The minimum absolute atomic E-state index is 0.0590. The van der Waals surface area contributed by atoms with Crippen LogP contribution in [0.3, 0.4) is 0 Å². The number of benzene rings is 3.